The van der Waals surface area contributed by atoms with Crippen LogP contribution in [-0.2, 0) is 20.7 Å². The summed E-state index contributed by atoms with van der Waals surface area (Å²) in [5.41, 5.74) is 3.15. The first-order valence-electron chi connectivity index (χ1n) is 11.5. The van der Waals surface area contributed by atoms with Crippen molar-refractivity contribution in [3.05, 3.63) is 102 Å². The molecule has 6 heteroatoms. The summed E-state index contributed by atoms with van der Waals surface area (Å²) in [5.74, 6) is -0.936. The van der Waals surface area contributed by atoms with Crippen molar-refractivity contribution >= 4 is 23.5 Å². The van der Waals surface area contributed by atoms with E-state index in [0.29, 0.717) is 17.9 Å². The van der Waals surface area contributed by atoms with Gasteiger partial charge in [0.05, 0.1) is 19.1 Å². The van der Waals surface area contributed by atoms with Crippen LogP contribution in [0, 0.1) is 0 Å². The predicted octanol–water partition coefficient (Wildman–Crippen LogP) is 5.07. The third kappa shape index (κ3) is 8.20. The normalized spacial score (nSPS) is 11.3. The molecular weight excluding hydrogens is 428 g/mol. The molecule has 0 saturated heterocycles. The molecule has 2 N–H and O–H groups in total. The van der Waals surface area contributed by atoms with Crippen LogP contribution in [-0.4, -0.2) is 24.4 Å². The number of amides is 2. The maximum absolute atomic E-state index is 12.6. The number of carbonyl (C=O) groups excluding carboxylic acids is 3. The quantitative estimate of drug-likeness (QED) is 0.310. The molecule has 0 bridgehead atoms. The fourth-order valence-corrected chi connectivity index (χ4v) is 3.46. The molecular formula is C28H30N2O4. The van der Waals surface area contributed by atoms with Crippen molar-refractivity contribution in [1.82, 2.24) is 5.32 Å². The fraction of sp³-hybridized carbons (Fsp3) is 0.250. The van der Waals surface area contributed by atoms with Crippen LogP contribution in [0.2, 0.25) is 0 Å². The van der Waals surface area contributed by atoms with Crippen LogP contribution in [0.3, 0.4) is 0 Å². The lowest BCUT2D eigenvalue weighted by atomic mass is 10.1. The summed E-state index contributed by atoms with van der Waals surface area (Å²) in [6, 6.07) is 26.3. The maximum Gasteiger partial charge on any atom is 0.306 e. The van der Waals surface area contributed by atoms with Gasteiger partial charge in [-0.25, -0.2) is 0 Å². The third-order valence-corrected chi connectivity index (χ3v) is 5.33. The zero-order valence-electron chi connectivity index (χ0n) is 19.3. The van der Waals surface area contributed by atoms with E-state index in [0.717, 1.165) is 18.4 Å². The molecule has 3 aromatic carbocycles. The van der Waals surface area contributed by atoms with Crippen molar-refractivity contribution in [1.29, 1.82) is 0 Å². The van der Waals surface area contributed by atoms with Crippen molar-refractivity contribution < 1.29 is 19.1 Å². The van der Waals surface area contributed by atoms with E-state index in [1.807, 2.05) is 67.6 Å². The molecule has 2 amide bonds. The number of rotatable bonds is 11. The van der Waals surface area contributed by atoms with E-state index in [-0.39, 0.29) is 30.7 Å². The zero-order chi connectivity index (χ0) is 24.2. The minimum atomic E-state index is -0.397. The van der Waals surface area contributed by atoms with Crippen LogP contribution < -0.4 is 10.6 Å². The Morgan fingerprint density at radius 2 is 1.56 bits per heavy atom. The van der Waals surface area contributed by atoms with E-state index in [1.165, 1.54) is 5.56 Å². The number of nitrogens with one attached hydrogen (secondary N) is 2. The standard InChI is InChI=1S/C28H30N2O4/c1-21(23-13-6-3-7-14-23)29-28(33)24-15-8-16-25(20-24)30-26(31)17-18-27(32)34-19-9-12-22-10-4-2-5-11-22/h2-8,10-11,13-16,20-21H,9,12,17-19H2,1H3,(H,29,33)(H,30,31). The van der Waals surface area contributed by atoms with Crippen LogP contribution >= 0.6 is 0 Å². The molecule has 34 heavy (non-hydrogen) atoms. The molecule has 3 rings (SSSR count). The Labute approximate surface area is 200 Å². The number of hydrogen-bond acceptors (Lipinski definition) is 4. The first-order valence-corrected chi connectivity index (χ1v) is 11.5. The van der Waals surface area contributed by atoms with E-state index in [9.17, 15) is 14.4 Å². The molecule has 176 valence electrons. The van der Waals surface area contributed by atoms with Crippen molar-refractivity contribution in [2.45, 2.75) is 38.6 Å². The van der Waals surface area contributed by atoms with Gasteiger partial charge >= 0.3 is 5.97 Å². The number of anilines is 1. The highest BCUT2D eigenvalue weighted by Gasteiger charge is 2.13. The highest BCUT2D eigenvalue weighted by molar-refractivity contribution is 5.97. The van der Waals surface area contributed by atoms with Gasteiger partial charge in [0.15, 0.2) is 0 Å². The Morgan fingerprint density at radius 1 is 0.853 bits per heavy atom. The third-order valence-electron chi connectivity index (χ3n) is 5.33. The molecule has 1 atom stereocenters. The summed E-state index contributed by atoms with van der Waals surface area (Å²) in [7, 11) is 0. The minimum Gasteiger partial charge on any atom is -0.466 e. The average molecular weight is 459 g/mol. The van der Waals surface area contributed by atoms with Gasteiger partial charge < -0.3 is 15.4 Å². The van der Waals surface area contributed by atoms with Crippen LogP contribution in [0.25, 0.3) is 0 Å². The molecule has 0 aliphatic carbocycles. The van der Waals surface area contributed by atoms with Gasteiger partial charge in [0, 0.05) is 17.7 Å². The molecule has 0 fully saturated rings. The molecule has 0 heterocycles. The van der Waals surface area contributed by atoms with Crippen LogP contribution in [0.1, 0.15) is 53.7 Å². The summed E-state index contributed by atoms with van der Waals surface area (Å²) >= 11 is 0. The minimum absolute atomic E-state index is 0.00589. The van der Waals surface area contributed by atoms with Crippen LogP contribution in [0.4, 0.5) is 5.69 Å². The molecule has 3 aromatic rings. The SMILES string of the molecule is CC(NC(=O)c1cccc(NC(=O)CCC(=O)OCCCc2ccccc2)c1)c1ccccc1. The van der Waals surface area contributed by atoms with E-state index >= 15 is 0 Å². The number of carbonyl (C=O) groups is 3. The van der Waals surface area contributed by atoms with Gasteiger partial charge in [0.25, 0.3) is 5.91 Å². The molecule has 0 radical (unpaired) electrons. The Bertz CT molecular complexity index is 1080. The lowest BCUT2D eigenvalue weighted by molar-refractivity contribution is -0.144. The number of ether oxygens (including phenoxy) is 1. The van der Waals surface area contributed by atoms with E-state index in [1.54, 1.807) is 24.3 Å². The largest absolute Gasteiger partial charge is 0.466 e. The van der Waals surface area contributed by atoms with Gasteiger partial charge in [-0.3, -0.25) is 14.4 Å². The molecule has 0 saturated carbocycles. The number of benzene rings is 3. The number of hydrogen-bond donors (Lipinski definition) is 2. The average Bonchev–Trinajstić information content (AvgIpc) is 2.86. The van der Waals surface area contributed by atoms with Gasteiger partial charge in [0.2, 0.25) is 5.91 Å². The predicted molar refractivity (Wildman–Crippen MR) is 132 cm³/mol. The van der Waals surface area contributed by atoms with Gasteiger partial charge in [-0.2, -0.15) is 0 Å². The second-order valence-electron chi connectivity index (χ2n) is 8.04. The highest BCUT2D eigenvalue weighted by atomic mass is 16.5. The van der Waals surface area contributed by atoms with E-state index in [4.69, 9.17) is 4.74 Å². The van der Waals surface area contributed by atoms with Crippen LogP contribution in [0.5, 0.6) is 0 Å². The van der Waals surface area contributed by atoms with Gasteiger partial charge in [-0.15, -0.1) is 0 Å². The van der Waals surface area contributed by atoms with Gasteiger partial charge in [-0.1, -0.05) is 66.7 Å². The van der Waals surface area contributed by atoms with Crippen molar-refractivity contribution in [3.8, 4) is 0 Å². The monoisotopic (exact) mass is 458 g/mol. The summed E-state index contributed by atoms with van der Waals surface area (Å²) in [6.45, 7) is 2.24. The number of aryl methyl sites for hydroxylation is 1. The Kier molecular flexibility index (Phi) is 9.40. The summed E-state index contributed by atoms with van der Waals surface area (Å²) in [4.78, 5) is 36.8. The molecule has 0 aliphatic heterocycles. The molecule has 1 unspecified atom stereocenters. The van der Waals surface area contributed by atoms with Gasteiger partial charge in [0.1, 0.15) is 0 Å². The summed E-state index contributed by atoms with van der Waals surface area (Å²) in [6.07, 6.45) is 1.59. The second kappa shape index (κ2) is 12.9. The zero-order valence-corrected chi connectivity index (χ0v) is 19.3. The molecule has 0 spiro atoms. The molecule has 6 nitrogen and oxygen atoms in total. The van der Waals surface area contributed by atoms with Crippen molar-refractivity contribution in [2.75, 3.05) is 11.9 Å². The maximum atomic E-state index is 12.6. The smallest absolute Gasteiger partial charge is 0.306 e. The Balaban J connectivity index is 1.39. The first-order chi connectivity index (χ1) is 16.5. The summed E-state index contributed by atoms with van der Waals surface area (Å²) < 4.78 is 5.22. The van der Waals surface area contributed by atoms with Crippen molar-refractivity contribution in [2.24, 2.45) is 0 Å². The molecule has 0 aliphatic rings. The molecule has 0 aromatic heterocycles. The highest BCUT2D eigenvalue weighted by Crippen LogP contribution is 2.15. The van der Waals surface area contributed by atoms with E-state index in [2.05, 4.69) is 10.6 Å². The topological polar surface area (TPSA) is 84.5 Å². The second-order valence-corrected chi connectivity index (χ2v) is 8.04. The summed E-state index contributed by atoms with van der Waals surface area (Å²) in [5, 5.41) is 5.69. The fourth-order valence-electron chi connectivity index (χ4n) is 3.46. The lowest BCUT2D eigenvalue weighted by Gasteiger charge is -2.15. The van der Waals surface area contributed by atoms with Crippen LogP contribution in [0.15, 0.2) is 84.9 Å². The van der Waals surface area contributed by atoms with Crippen molar-refractivity contribution in [3.63, 3.8) is 0 Å². The van der Waals surface area contributed by atoms with E-state index < -0.39 is 5.97 Å². The first kappa shape index (κ1) is 24.7. The lowest BCUT2D eigenvalue weighted by Crippen LogP contribution is -2.26. The Hall–Kier alpha value is -3.93. The number of esters is 1. The van der Waals surface area contributed by atoms with Gasteiger partial charge in [-0.05, 0) is 49.1 Å². The Morgan fingerprint density at radius 3 is 2.29 bits per heavy atom.